The fourth-order valence-electron chi connectivity index (χ4n) is 3.87. The van der Waals surface area contributed by atoms with Crippen molar-refractivity contribution in [3.8, 4) is 0 Å². The number of piperidine rings is 1. The van der Waals surface area contributed by atoms with E-state index in [4.69, 9.17) is 9.47 Å². The third-order valence-corrected chi connectivity index (χ3v) is 5.57. The molecule has 2 heterocycles. The second-order valence-corrected chi connectivity index (χ2v) is 9.22. The van der Waals surface area contributed by atoms with Gasteiger partial charge in [0.25, 0.3) is 5.91 Å². The number of benzene rings is 1. The Balaban J connectivity index is 1.42. The largest absolute Gasteiger partial charge is 0.455 e. The minimum absolute atomic E-state index is 0.234. The predicted octanol–water partition coefficient (Wildman–Crippen LogP) is 2.66. The van der Waals surface area contributed by atoms with Gasteiger partial charge in [0.15, 0.2) is 6.61 Å². The van der Waals surface area contributed by atoms with Gasteiger partial charge in [-0.1, -0.05) is 0 Å². The average molecular weight is 450 g/mol. The van der Waals surface area contributed by atoms with Crippen molar-refractivity contribution < 1.29 is 28.2 Å². The van der Waals surface area contributed by atoms with Gasteiger partial charge in [-0.3, -0.25) is 9.59 Å². The van der Waals surface area contributed by atoms with Crippen LogP contribution < -0.4 is 4.90 Å². The minimum atomic E-state index is -0.600. The van der Waals surface area contributed by atoms with E-state index in [0.717, 1.165) is 5.69 Å². The van der Waals surface area contributed by atoms with Gasteiger partial charge in [-0.2, -0.15) is 0 Å². The van der Waals surface area contributed by atoms with Crippen LogP contribution in [0.4, 0.5) is 14.9 Å². The molecule has 0 radical (unpaired) electrons. The fourth-order valence-corrected chi connectivity index (χ4v) is 3.87. The molecule has 0 aliphatic carbocycles. The number of hydrogen-bond acceptors (Lipinski definition) is 6. The van der Waals surface area contributed by atoms with E-state index in [1.54, 1.807) is 37.8 Å². The lowest BCUT2D eigenvalue weighted by molar-refractivity contribution is -0.157. The van der Waals surface area contributed by atoms with Gasteiger partial charge in [0.05, 0.1) is 5.92 Å². The van der Waals surface area contributed by atoms with E-state index in [-0.39, 0.29) is 24.9 Å². The SMILES string of the molecule is CC(C)(C)OC(=O)N1CCCC(C(=O)OCC(=O)N2CCN(c3ccc(F)cc3)CC2)C1. The zero-order chi connectivity index (χ0) is 23.3. The molecule has 0 N–H and O–H groups in total. The predicted molar refractivity (Wildman–Crippen MR) is 117 cm³/mol. The zero-order valence-corrected chi connectivity index (χ0v) is 19.0. The highest BCUT2D eigenvalue weighted by Crippen LogP contribution is 2.21. The number of esters is 1. The number of likely N-dealkylation sites (tertiary alicyclic amines) is 1. The highest BCUT2D eigenvalue weighted by atomic mass is 19.1. The molecule has 2 aliphatic heterocycles. The molecule has 1 aromatic rings. The third kappa shape index (κ3) is 6.58. The molecule has 0 bridgehead atoms. The number of ether oxygens (including phenoxy) is 2. The first kappa shape index (κ1) is 23.8. The number of carbonyl (C=O) groups excluding carboxylic acids is 3. The summed E-state index contributed by atoms with van der Waals surface area (Å²) in [5.74, 6) is -1.44. The van der Waals surface area contributed by atoms with Crippen molar-refractivity contribution >= 4 is 23.7 Å². The lowest BCUT2D eigenvalue weighted by Crippen LogP contribution is -2.50. The molecule has 8 nitrogen and oxygen atoms in total. The summed E-state index contributed by atoms with van der Waals surface area (Å²) in [7, 11) is 0. The van der Waals surface area contributed by atoms with E-state index >= 15 is 0 Å². The summed E-state index contributed by atoms with van der Waals surface area (Å²) >= 11 is 0. The zero-order valence-electron chi connectivity index (χ0n) is 19.0. The maximum atomic E-state index is 13.1. The molecule has 176 valence electrons. The van der Waals surface area contributed by atoms with E-state index in [2.05, 4.69) is 4.90 Å². The Morgan fingerprint density at radius 2 is 1.66 bits per heavy atom. The van der Waals surface area contributed by atoms with Crippen LogP contribution in [-0.2, 0) is 19.1 Å². The molecule has 0 spiro atoms. The topological polar surface area (TPSA) is 79.4 Å². The van der Waals surface area contributed by atoms with Crippen LogP contribution in [0, 0.1) is 11.7 Å². The van der Waals surface area contributed by atoms with Crippen molar-refractivity contribution in [2.24, 2.45) is 5.92 Å². The lowest BCUT2D eigenvalue weighted by Gasteiger charge is -2.36. The number of hydrogen-bond donors (Lipinski definition) is 0. The van der Waals surface area contributed by atoms with E-state index in [0.29, 0.717) is 45.6 Å². The summed E-state index contributed by atoms with van der Waals surface area (Å²) in [5.41, 5.74) is 0.314. The van der Waals surface area contributed by atoms with Crippen LogP contribution in [-0.4, -0.2) is 79.2 Å². The van der Waals surface area contributed by atoms with Crippen molar-refractivity contribution in [3.63, 3.8) is 0 Å². The van der Waals surface area contributed by atoms with Crippen molar-refractivity contribution in [2.75, 3.05) is 50.8 Å². The Morgan fingerprint density at radius 1 is 1.00 bits per heavy atom. The summed E-state index contributed by atoms with van der Waals surface area (Å²) in [4.78, 5) is 42.5. The molecule has 9 heteroatoms. The van der Waals surface area contributed by atoms with Gasteiger partial charge < -0.3 is 24.2 Å². The Labute approximate surface area is 188 Å². The highest BCUT2D eigenvalue weighted by molar-refractivity contribution is 5.82. The Bertz CT molecular complexity index is 816. The van der Waals surface area contributed by atoms with Crippen molar-refractivity contribution in [1.29, 1.82) is 0 Å². The van der Waals surface area contributed by atoms with Gasteiger partial charge in [-0.05, 0) is 57.9 Å². The molecule has 32 heavy (non-hydrogen) atoms. The number of carbonyl (C=O) groups is 3. The van der Waals surface area contributed by atoms with Crippen LogP contribution in [0.2, 0.25) is 0 Å². The summed E-state index contributed by atoms with van der Waals surface area (Å²) < 4.78 is 23.8. The first-order chi connectivity index (χ1) is 15.1. The molecule has 0 saturated carbocycles. The van der Waals surface area contributed by atoms with Gasteiger partial charge in [-0.25, -0.2) is 9.18 Å². The van der Waals surface area contributed by atoms with Gasteiger partial charge in [0.1, 0.15) is 11.4 Å². The standard InChI is InChI=1S/C23H32FN3O5/c1-23(2,3)32-22(30)27-10-4-5-17(15-27)21(29)31-16-20(28)26-13-11-25(12-14-26)19-8-6-18(24)7-9-19/h6-9,17H,4-5,10-16H2,1-3H3. The Kier molecular flexibility index (Phi) is 7.58. The molecule has 1 atom stereocenters. The number of rotatable bonds is 4. The van der Waals surface area contributed by atoms with Gasteiger partial charge in [0.2, 0.25) is 0 Å². The van der Waals surface area contributed by atoms with Crippen molar-refractivity contribution in [3.05, 3.63) is 30.1 Å². The van der Waals surface area contributed by atoms with Crippen molar-refractivity contribution in [2.45, 2.75) is 39.2 Å². The van der Waals surface area contributed by atoms with Crippen LogP contribution in [0.3, 0.4) is 0 Å². The molecule has 2 fully saturated rings. The third-order valence-electron chi connectivity index (χ3n) is 5.57. The normalized spacial score (nSPS) is 19.5. The van der Waals surface area contributed by atoms with Crippen molar-refractivity contribution in [1.82, 2.24) is 9.80 Å². The summed E-state index contributed by atoms with van der Waals surface area (Å²) in [6.45, 7) is 8.11. The van der Waals surface area contributed by atoms with Crippen LogP contribution >= 0.6 is 0 Å². The molecule has 0 aromatic heterocycles. The number of amides is 2. The number of anilines is 1. The van der Waals surface area contributed by atoms with Gasteiger partial charge >= 0.3 is 12.1 Å². The van der Waals surface area contributed by atoms with Gasteiger partial charge in [0, 0.05) is 45.0 Å². The number of piperazine rings is 1. The first-order valence-corrected chi connectivity index (χ1v) is 11.1. The molecule has 1 unspecified atom stereocenters. The monoisotopic (exact) mass is 449 g/mol. The summed E-state index contributed by atoms with van der Waals surface area (Å²) in [5, 5.41) is 0. The molecule has 3 rings (SSSR count). The maximum Gasteiger partial charge on any atom is 0.410 e. The molecular weight excluding hydrogens is 417 g/mol. The molecular formula is C23H32FN3O5. The smallest absolute Gasteiger partial charge is 0.410 e. The molecule has 2 saturated heterocycles. The quantitative estimate of drug-likeness (QED) is 0.658. The second-order valence-electron chi connectivity index (χ2n) is 9.22. The molecule has 2 amide bonds. The van der Waals surface area contributed by atoms with E-state index in [9.17, 15) is 18.8 Å². The maximum absolute atomic E-state index is 13.1. The lowest BCUT2D eigenvalue weighted by atomic mass is 9.98. The van der Waals surface area contributed by atoms with E-state index in [1.165, 1.54) is 17.0 Å². The highest BCUT2D eigenvalue weighted by Gasteiger charge is 2.32. The molecule has 2 aliphatic rings. The summed E-state index contributed by atoms with van der Waals surface area (Å²) in [6.07, 6.45) is 0.853. The molecule has 1 aromatic carbocycles. The summed E-state index contributed by atoms with van der Waals surface area (Å²) in [6, 6.07) is 6.28. The van der Waals surface area contributed by atoms with Crippen LogP contribution in [0.25, 0.3) is 0 Å². The average Bonchev–Trinajstić information content (AvgIpc) is 2.77. The van der Waals surface area contributed by atoms with Crippen LogP contribution in [0.5, 0.6) is 0 Å². The van der Waals surface area contributed by atoms with E-state index < -0.39 is 23.6 Å². The first-order valence-electron chi connectivity index (χ1n) is 11.1. The Hall–Kier alpha value is -2.84. The Morgan fingerprint density at radius 3 is 2.28 bits per heavy atom. The number of halogens is 1. The van der Waals surface area contributed by atoms with Gasteiger partial charge in [-0.15, -0.1) is 0 Å². The van der Waals surface area contributed by atoms with Crippen LogP contribution in [0.1, 0.15) is 33.6 Å². The number of nitrogens with zero attached hydrogens (tertiary/aromatic N) is 3. The van der Waals surface area contributed by atoms with E-state index in [1.807, 2.05) is 0 Å². The minimum Gasteiger partial charge on any atom is -0.455 e. The van der Waals surface area contributed by atoms with Crippen LogP contribution in [0.15, 0.2) is 24.3 Å². The second kappa shape index (κ2) is 10.2. The fraction of sp³-hybridized carbons (Fsp3) is 0.609.